The van der Waals surface area contributed by atoms with E-state index in [1.165, 1.54) is 30.2 Å². The van der Waals surface area contributed by atoms with Gasteiger partial charge in [0.2, 0.25) is 0 Å². The van der Waals surface area contributed by atoms with Gasteiger partial charge in [0.15, 0.2) is 11.5 Å². The first kappa shape index (κ1) is 17.4. The fourth-order valence-corrected chi connectivity index (χ4v) is 4.36. The van der Waals surface area contributed by atoms with E-state index in [0.29, 0.717) is 13.2 Å². The van der Waals surface area contributed by atoms with Crippen molar-refractivity contribution in [1.82, 2.24) is 4.98 Å². The predicted molar refractivity (Wildman–Crippen MR) is 112 cm³/mol. The molecule has 0 amide bonds. The quantitative estimate of drug-likeness (QED) is 0.656. The molecule has 4 nitrogen and oxygen atoms in total. The second-order valence-corrected chi connectivity index (χ2v) is 7.83. The predicted octanol–water partition coefficient (Wildman–Crippen LogP) is 4.86. The van der Waals surface area contributed by atoms with E-state index in [1.807, 2.05) is 6.20 Å². The van der Waals surface area contributed by atoms with E-state index < -0.39 is 0 Å². The van der Waals surface area contributed by atoms with Crippen molar-refractivity contribution in [2.45, 2.75) is 25.7 Å². The molecular formula is C24H26N2O2. The molecule has 28 heavy (non-hydrogen) atoms. The minimum absolute atomic E-state index is 0.707. The summed E-state index contributed by atoms with van der Waals surface area (Å²) in [6.07, 6.45) is 6.42. The number of hydrogen-bond donors (Lipinski definition) is 0. The molecular weight excluding hydrogens is 348 g/mol. The zero-order chi connectivity index (χ0) is 18.8. The summed E-state index contributed by atoms with van der Waals surface area (Å²) in [5, 5.41) is 2.33. The summed E-state index contributed by atoms with van der Waals surface area (Å²) in [7, 11) is 0. The molecule has 2 aromatic carbocycles. The molecule has 0 radical (unpaired) electrons. The topological polar surface area (TPSA) is 34.6 Å². The van der Waals surface area contributed by atoms with E-state index in [2.05, 4.69) is 53.4 Å². The van der Waals surface area contributed by atoms with E-state index >= 15 is 0 Å². The average molecular weight is 374 g/mol. The van der Waals surface area contributed by atoms with Crippen LogP contribution in [0.2, 0.25) is 0 Å². The molecule has 0 spiro atoms. The summed E-state index contributed by atoms with van der Waals surface area (Å²) in [5.74, 6) is 3.52. The van der Waals surface area contributed by atoms with E-state index in [0.717, 1.165) is 48.1 Å². The van der Waals surface area contributed by atoms with Crippen LogP contribution in [0.15, 0.2) is 54.7 Å². The van der Waals surface area contributed by atoms with Crippen molar-refractivity contribution in [2.75, 3.05) is 31.2 Å². The minimum atomic E-state index is 0.707. The summed E-state index contributed by atoms with van der Waals surface area (Å²) in [6.45, 7) is 3.53. The highest BCUT2D eigenvalue weighted by molar-refractivity contribution is 5.94. The monoisotopic (exact) mass is 374 g/mol. The number of aromatic nitrogens is 1. The van der Waals surface area contributed by atoms with Crippen LogP contribution in [0.25, 0.3) is 10.8 Å². The van der Waals surface area contributed by atoms with Gasteiger partial charge in [0, 0.05) is 31.1 Å². The summed E-state index contributed by atoms with van der Waals surface area (Å²) in [6, 6.07) is 17.1. The first-order chi connectivity index (χ1) is 13.9. The smallest absolute Gasteiger partial charge is 0.161 e. The van der Waals surface area contributed by atoms with E-state index in [4.69, 9.17) is 14.5 Å². The van der Waals surface area contributed by atoms with Crippen LogP contribution in [-0.4, -0.2) is 31.3 Å². The van der Waals surface area contributed by atoms with Gasteiger partial charge in [-0.1, -0.05) is 30.3 Å². The van der Waals surface area contributed by atoms with Crippen LogP contribution in [0.4, 0.5) is 5.82 Å². The van der Waals surface area contributed by atoms with Crippen LogP contribution in [0.3, 0.4) is 0 Å². The molecule has 0 unspecified atom stereocenters. The van der Waals surface area contributed by atoms with Crippen molar-refractivity contribution >= 4 is 16.6 Å². The van der Waals surface area contributed by atoms with Crippen molar-refractivity contribution in [1.29, 1.82) is 0 Å². The van der Waals surface area contributed by atoms with Gasteiger partial charge in [-0.05, 0) is 54.3 Å². The van der Waals surface area contributed by atoms with Crippen molar-refractivity contribution < 1.29 is 9.47 Å². The average Bonchev–Trinajstić information content (AvgIpc) is 2.98. The number of benzene rings is 2. The Morgan fingerprint density at radius 3 is 2.46 bits per heavy atom. The maximum atomic E-state index is 5.91. The Hall–Kier alpha value is -2.75. The molecule has 1 fully saturated rings. The highest BCUT2D eigenvalue weighted by Gasteiger charge is 2.22. The first-order valence-corrected chi connectivity index (χ1v) is 10.3. The van der Waals surface area contributed by atoms with Crippen LogP contribution in [0.5, 0.6) is 11.5 Å². The lowest BCUT2D eigenvalue weighted by Gasteiger charge is -2.33. The van der Waals surface area contributed by atoms with Gasteiger partial charge in [-0.2, -0.15) is 0 Å². The Balaban J connectivity index is 1.36. The highest BCUT2D eigenvalue weighted by Crippen LogP contribution is 2.38. The normalized spacial score (nSPS) is 17.5. The number of anilines is 1. The maximum Gasteiger partial charge on any atom is 0.161 e. The van der Waals surface area contributed by atoms with Crippen molar-refractivity contribution in [2.24, 2.45) is 5.92 Å². The number of pyridine rings is 1. The molecule has 0 N–H and O–H groups in total. The molecule has 3 aromatic rings. The third kappa shape index (κ3) is 3.51. The molecule has 0 aliphatic carbocycles. The third-order valence-electron chi connectivity index (χ3n) is 5.89. The molecule has 1 saturated heterocycles. The van der Waals surface area contributed by atoms with Gasteiger partial charge in [-0.3, -0.25) is 0 Å². The molecule has 3 heterocycles. The molecule has 0 bridgehead atoms. The molecule has 5 rings (SSSR count). The Morgan fingerprint density at radius 2 is 1.68 bits per heavy atom. The first-order valence-electron chi connectivity index (χ1n) is 10.3. The molecule has 2 aliphatic rings. The molecule has 2 aliphatic heterocycles. The van der Waals surface area contributed by atoms with Gasteiger partial charge in [0.05, 0.1) is 13.2 Å². The molecule has 1 aromatic heterocycles. The Morgan fingerprint density at radius 1 is 0.929 bits per heavy atom. The fourth-order valence-electron chi connectivity index (χ4n) is 4.36. The fraction of sp³-hybridized carbons (Fsp3) is 0.375. The number of piperidine rings is 1. The van der Waals surface area contributed by atoms with E-state index in [1.54, 1.807) is 0 Å². The van der Waals surface area contributed by atoms with Crippen LogP contribution >= 0.6 is 0 Å². The Bertz CT molecular complexity index is 949. The lowest BCUT2D eigenvalue weighted by atomic mass is 9.90. The summed E-state index contributed by atoms with van der Waals surface area (Å²) < 4.78 is 11.8. The molecule has 144 valence electrons. The number of hydrogen-bond acceptors (Lipinski definition) is 4. The standard InChI is InChI=1S/C24H26N2O2/c1-2-5-18(6-3-1)15-19-8-11-26(12-9-19)24-21-17-23-22(27-13-4-14-28-23)16-20(21)7-10-25-24/h1-3,5-7,10,16-17,19H,4,8-9,11-15H2. The van der Waals surface area contributed by atoms with Gasteiger partial charge in [-0.15, -0.1) is 0 Å². The largest absolute Gasteiger partial charge is 0.490 e. The van der Waals surface area contributed by atoms with Crippen LogP contribution < -0.4 is 14.4 Å². The lowest BCUT2D eigenvalue weighted by molar-refractivity contribution is 0.297. The number of ether oxygens (including phenoxy) is 2. The van der Waals surface area contributed by atoms with Crippen molar-refractivity contribution in [3.63, 3.8) is 0 Å². The third-order valence-corrected chi connectivity index (χ3v) is 5.89. The van der Waals surface area contributed by atoms with Gasteiger partial charge in [0.25, 0.3) is 0 Å². The van der Waals surface area contributed by atoms with E-state index in [9.17, 15) is 0 Å². The van der Waals surface area contributed by atoms with E-state index in [-0.39, 0.29) is 0 Å². The zero-order valence-electron chi connectivity index (χ0n) is 16.1. The van der Waals surface area contributed by atoms with Gasteiger partial charge >= 0.3 is 0 Å². The Kier molecular flexibility index (Phi) is 4.78. The zero-order valence-corrected chi connectivity index (χ0v) is 16.1. The van der Waals surface area contributed by atoms with Crippen LogP contribution in [-0.2, 0) is 6.42 Å². The Labute approximate surface area is 166 Å². The minimum Gasteiger partial charge on any atom is -0.490 e. The van der Waals surface area contributed by atoms with Gasteiger partial charge < -0.3 is 14.4 Å². The van der Waals surface area contributed by atoms with Gasteiger partial charge in [-0.25, -0.2) is 4.98 Å². The second kappa shape index (κ2) is 7.70. The highest BCUT2D eigenvalue weighted by atomic mass is 16.5. The number of nitrogens with zero attached hydrogens (tertiary/aromatic N) is 2. The van der Waals surface area contributed by atoms with Crippen LogP contribution in [0, 0.1) is 5.92 Å². The lowest BCUT2D eigenvalue weighted by Crippen LogP contribution is -2.35. The maximum absolute atomic E-state index is 5.91. The SMILES string of the molecule is c1ccc(CC2CCN(c3nccc4cc5c(cc34)OCCCO5)CC2)cc1. The number of fused-ring (bicyclic) bond motifs is 2. The van der Waals surface area contributed by atoms with Crippen LogP contribution in [0.1, 0.15) is 24.8 Å². The molecule has 0 atom stereocenters. The summed E-state index contributed by atoms with van der Waals surface area (Å²) in [5.41, 5.74) is 1.45. The second-order valence-electron chi connectivity index (χ2n) is 7.83. The summed E-state index contributed by atoms with van der Waals surface area (Å²) >= 11 is 0. The van der Waals surface area contributed by atoms with Crippen molar-refractivity contribution in [3.8, 4) is 11.5 Å². The van der Waals surface area contributed by atoms with Crippen molar-refractivity contribution in [3.05, 3.63) is 60.3 Å². The molecule has 4 heteroatoms. The molecule has 0 saturated carbocycles. The summed E-state index contributed by atoms with van der Waals surface area (Å²) in [4.78, 5) is 7.18. The number of rotatable bonds is 3. The van der Waals surface area contributed by atoms with Gasteiger partial charge in [0.1, 0.15) is 5.82 Å².